The average Bonchev–Trinajstić information content (AvgIpc) is 2.59. The predicted molar refractivity (Wildman–Crippen MR) is 86.9 cm³/mol. The van der Waals surface area contributed by atoms with E-state index in [1.54, 1.807) is 14.2 Å². The lowest BCUT2D eigenvalue weighted by molar-refractivity contribution is 0.00366. The van der Waals surface area contributed by atoms with Crippen molar-refractivity contribution in [3.63, 3.8) is 0 Å². The van der Waals surface area contributed by atoms with Crippen molar-refractivity contribution in [3.05, 3.63) is 0 Å². The molecule has 0 aliphatic rings. The molecule has 0 aliphatic carbocycles. The topological polar surface area (TPSA) is 94.1 Å². The highest BCUT2D eigenvalue weighted by Gasteiger charge is 2.14. The van der Waals surface area contributed by atoms with Crippen molar-refractivity contribution in [1.29, 1.82) is 0 Å². The second-order valence-electron chi connectivity index (χ2n) is 4.48. The second-order valence-corrected chi connectivity index (χ2v) is 4.48. The molecule has 0 aromatic rings. The SMILES string of the molecule is COCCOCCOCCOB(O)OCCOCCOCCOC. The van der Waals surface area contributed by atoms with Crippen molar-refractivity contribution in [3.8, 4) is 0 Å². The highest BCUT2D eigenvalue weighted by molar-refractivity contribution is 6.34. The van der Waals surface area contributed by atoms with Crippen molar-refractivity contribution < 1.29 is 42.8 Å². The maximum atomic E-state index is 9.42. The van der Waals surface area contributed by atoms with E-state index in [1.165, 1.54) is 0 Å². The lowest BCUT2D eigenvalue weighted by Gasteiger charge is -2.10. The van der Waals surface area contributed by atoms with Gasteiger partial charge in [0.25, 0.3) is 0 Å². The molecule has 24 heavy (non-hydrogen) atoms. The summed E-state index contributed by atoms with van der Waals surface area (Å²) in [5.74, 6) is 0. The molecular weight excluding hydrogens is 323 g/mol. The summed E-state index contributed by atoms with van der Waals surface area (Å²) in [6.07, 6.45) is 0. The zero-order valence-corrected chi connectivity index (χ0v) is 14.8. The van der Waals surface area contributed by atoms with Crippen LogP contribution in [0, 0.1) is 0 Å². The smallest absolute Gasteiger partial charge is 0.402 e. The van der Waals surface area contributed by atoms with E-state index < -0.39 is 7.32 Å². The van der Waals surface area contributed by atoms with Gasteiger partial charge in [-0.2, -0.15) is 0 Å². The Balaban J connectivity index is 3.12. The maximum absolute atomic E-state index is 9.42. The fourth-order valence-corrected chi connectivity index (χ4v) is 1.39. The molecule has 0 amide bonds. The summed E-state index contributed by atoms with van der Waals surface area (Å²) in [6, 6.07) is 0. The number of hydrogen-bond donors (Lipinski definition) is 1. The summed E-state index contributed by atoms with van der Waals surface area (Å²) >= 11 is 0. The van der Waals surface area contributed by atoms with Gasteiger partial charge in [0, 0.05) is 14.2 Å². The molecule has 0 saturated heterocycles. The van der Waals surface area contributed by atoms with Crippen LogP contribution in [-0.2, 0) is 37.7 Å². The maximum Gasteiger partial charge on any atom is 0.636 e. The van der Waals surface area contributed by atoms with Crippen LogP contribution < -0.4 is 0 Å². The van der Waals surface area contributed by atoms with Gasteiger partial charge in [-0.3, -0.25) is 0 Å². The number of hydrogen-bond acceptors (Lipinski definition) is 9. The molecular formula is C14H31BO9. The molecule has 0 saturated carbocycles. The molecule has 0 rings (SSSR count). The minimum Gasteiger partial charge on any atom is -0.402 e. The van der Waals surface area contributed by atoms with Crippen LogP contribution in [0.2, 0.25) is 0 Å². The van der Waals surface area contributed by atoms with E-state index in [9.17, 15) is 5.02 Å². The first-order valence-corrected chi connectivity index (χ1v) is 8.01. The van der Waals surface area contributed by atoms with E-state index in [-0.39, 0.29) is 13.2 Å². The van der Waals surface area contributed by atoms with Crippen LogP contribution in [0.3, 0.4) is 0 Å². The lowest BCUT2D eigenvalue weighted by atomic mass is 10.2. The molecule has 0 aromatic heterocycles. The van der Waals surface area contributed by atoms with Crippen molar-refractivity contribution in [1.82, 2.24) is 0 Å². The summed E-state index contributed by atoms with van der Waals surface area (Å²) in [6.45, 7) is 5.30. The van der Waals surface area contributed by atoms with Gasteiger partial charge in [-0.25, -0.2) is 0 Å². The number of ether oxygens (including phenoxy) is 6. The van der Waals surface area contributed by atoms with Crippen molar-refractivity contribution in [2.75, 3.05) is 93.5 Å². The quantitative estimate of drug-likeness (QED) is 0.226. The summed E-state index contributed by atoms with van der Waals surface area (Å²) in [5, 5.41) is 9.42. The van der Waals surface area contributed by atoms with Gasteiger partial charge < -0.3 is 42.8 Å². The Hall–Kier alpha value is -0.295. The first kappa shape index (κ1) is 23.7. The Bertz CT molecular complexity index is 214. The van der Waals surface area contributed by atoms with Crippen LogP contribution in [-0.4, -0.2) is 106 Å². The molecule has 0 atom stereocenters. The molecule has 0 spiro atoms. The Labute approximate surface area is 144 Å². The molecule has 0 radical (unpaired) electrons. The average molecular weight is 354 g/mol. The number of rotatable bonds is 20. The summed E-state index contributed by atoms with van der Waals surface area (Å²) in [5.41, 5.74) is 0. The van der Waals surface area contributed by atoms with E-state index in [0.29, 0.717) is 66.1 Å². The monoisotopic (exact) mass is 354 g/mol. The fraction of sp³-hybridized carbons (Fsp3) is 1.00. The predicted octanol–water partition coefficient (Wildman–Crippen LogP) is -0.644. The minimum atomic E-state index is -1.28. The number of methoxy groups -OCH3 is 2. The van der Waals surface area contributed by atoms with Crippen molar-refractivity contribution in [2.24, 2.45) is 0 Å². The normalized spacial score (nSPS) is 11.1. The minimum absolute atomic E-state index is 0.230. The highest BCUT2D eigenvalue weighted by Crippen LogP contribution is 1.88. The molecule has 0 aromatic carbocycles. The molecule has 0 fully saturated rings. The lowest BCUT2D eigenvalue weighted by Crippen LogP contribution is -2.27. The molecule has 1 N–H and O–H groups in total. The Morgan fingerprint density at radius 1 is 0.500 bits per heavy atom. The van der Waals surface area contributed by atoms with Gasteiger partial charge in [0.2, 0.25) is 0 Å². The molecule has 0 bridgehead atoms. The van der Waals surface area contributed by atoms with E-state index in [1.807, 2.05) is 0 Å². The Morgan fingerprint density at radius 2 is 0.792 bits per heavy atom. The zero-order chi connectivity index (χ0) is 17.7. The van der Waals surface area contributed by atoms with Gasteiger partial charge in [0.05, 0.1) is 79.3 Å². The first-order chi connectivity index (χ1) is 11.8. The van der Waals surface area contributed by atoms with Crippen LogP contribution in [0.25, 0.3) is 0 Å². The molecule has 0 unspecified atom stereocenters. The van der Waals surface area contributed by atoms with E-state index >= 15 is 0 Å². The van der Waals surface area contributed by atoms with Gasteiger partial charge in [0.1, 0.15) is 0 Å². The van der Waals surface area contributed by atoms with Gasteiger partial charge in [-0.1, -0.05) is 0 Å². The van der Waals surface area contributed by atoms with Crippen LogP contribution in [0.15, 0.2) is 0 Å². The summed E-state index contributed by atoms with van der Waals surface area (Å²) in [7, 11) is 1.96. The van der Waals surface area contributed by atoms with Crippen molar-refractivity contribution >= 4 is 7.32 Å². The van der Waals surface area contributed by atoms with E-state index in [4.69, 9.17) is 37.7 Å². The molecule has 0 aliphatic heterocycles. The largest absolute Gasteiger partial charge is 0.636 e. The van der Waals surface area contributed by atoms with Gasteiger partial charge >= 0.3 is 7.32 Å². The zero-order valence-electron chi connectivity index (χ0n) is 14.8. The van der Waals surface area contributed by atoms with Crippen LogP contribution in [0.5, 0.6) is 0 Å². The Morgan fingerprint density at radius 3 is 1.12 bits per heavy atom. The molecule has 144 valence electrons. The fourth-order valence-electron chi connectivity index (χ4n) is 1.39. The molecule has 10 heteroatoms. The third kappa shape index (κ3) is 19.8. The third-order valence-electron chi connectivity index (χ3n) is 2.58. The highest BCUT2D eigenvalue weighted by atomic mass is 16.7. The van der Waals surface area contributed by atoms with Gasteiger partial charge in [0.15, 0.2) is 0 Å². The van der Waals surface area contributed by atoms with E-state index in [0.717, 1.165) is 0 Å². The van der Waals surface area contributed by atoms with Gasteiger partial charge in [-0.05, 0) is 0 Å². The first-order valence-electron chi connectivity index (χ1n) is 8.01. The standard InChI is InChI=1S/C14H31BO9/c1-17-3-5-19-7-9-21-11-13-23-15(16)24-14-12-22-10-8-20-6-4-18-2/h16H,3-14H2,1-2H3. The molecule has 9 nitrogen and oxygen atoms in total. The summed E-state index contributed by atoms with van der Waals surface area (Å²) in [4.78, 5) is 0. The molecule has 0 heterocycles. The van der Waals surface area contributed by atoms with Crippen LogP contribution in [0.1, 0.15) is 0 Å². The van der Waals surface area contributed by atoms with Crippen LogP contribution >= 0.6 is 0 Å². The third-order valence-corrected chi connectivity index (χ3v) is 2.58. The summed E-state index contributed by atoms with van der Waals surface area (Å²) < 4.78 is 40.7. The van der Waals surface area contributed by atoms with E-state index in [2.05, 4.69) is 0 Å². The Kier molecular flexibility index (Phi) is 20.5. The second kappa shape index (κ2) is 20.7. The van der Waals surface area contributed by atoms with Crippen molar-refractivity contribution in [2.45, 2.75) is 0 Å². The van der Waals surface area contributed by atoms with Gasteiger partial charge in [-0.15, -0.1) is 0 Å². The van der Waals surface area contributed by atoms with Crippen LogP contribution in [0.4, 0.5) is 0 Å².